The molecule has 0 radical (unpaired) electrons. The highest BCUT2D eigenvalue weighted by molar-refractivity contribution is 7.26. The van der Waals surface area contributed by atoms with E-state index in [1.54, 1.807) is 0 Å². The molecule has 3 aromatic heterocycles. The number of aryl methyl sites for hydroxylation is 2. The zero-order valence-electron chi connectivity index (χ0n) is 29.7. The number of aromatic nitrogens is 3. The monoisotopic (exact) mass is 669 g/mol. The lowest BCUT2D eigenvalue weighted by atomic mass is 10.1. The zero-order valence-corrected chi connectivity index (χ0v) is 30.5. The van der Waals surface area contributed by atoms with Crippen LogP contribution >= 0.6 is 11.3 Å². The molecule has 0 aliphatic heterocycles. The van der Waals surface area contributed by atoms with Crippen molar-refractivity contribution in [1.29, 1.82) is 0 Å². The second-order valence-electron chi connectivity index (χ2n) is 11.8. The molecule has 0 amide bonds. The van der Waals surface area contributed by atoms with Crippen molar-refractivity contribution in [1.82, 2.24) is 14.5 Å². The molecule has 0 bridgehead atoms. The molecule has 50 heavy (non-hydrogen) atoms. The van der Waals surface area contributed by atoms with Crippen molar-refractivity contribution in [2.24, 2.45) is 0 Å². The van der Waals surface area contributed by atoms with Gasteiger partial charge in [-0.25, -0.2) is 9.97 Å². The normalized spacial score (nSPS) is 10.9. The second-order valence-corrected chi connectivity index (χ2v) is 12.8. The molecule has 0 saturated heterocycles. The minimum atomic E-state index is 0.740. The van der Waals surface area contributed by atoms with Gasteiger partial charge in [-0.3, -0.25) is 4.57 Å². The first-order valence-electron chi connectivity index (χ1n) is 17.3. The maximum atomic E-state index is 5.11. The lowest BCUT2D eigenvalue weighted by Gasteiger charge is -2.13. The second kappa shape index (κ2) is 15.8. The molecule has 248 valence electrons. The maximum Gasteiger partial charge on any atom is 0.162 e. The van der Waals surface area contributed by atoms with Crippen molar-refractivity contribution < 1.29 is 0 Å². The molecule has 0 fully saturated rings. The van der Waals surface area contributed by atoms with Crippen LogP contribution < -0.4 is 0 Å². The van der Waals surface area contributed by atoms with Crippen LogP contribution in [0.4, 0.5) is 0 Å². The first-order chi connectivity index (χ1) is 24.6. The van der Waals surface area contributed by atoms with Crippen molar-refractivity contribution >= 4 is 64.2 Å². The van der Waals surface area contributed by atoms with Crippen molar-refractivity contribution in [3.8, 4) is 17.2 Å². The quantitative estimate of drug-likeness (QED) is 0.172. The fraction of sp³-hybridized carbons (Fsp3) is 0.130. The van der Waals surface area contributed by atoms with E-state index < -0.39 is 0 Å². The number of rotatable bonds is 2. The van der Waals surface area contributed by atoms with E-state index in [4.69, 9.17) is 9.97 Å². The third-order valence-corrected chi connectivity index (χ3v) is 9.98. The van der Waals surface area contributed by atoms with Gasteiger partial charge in [0.1, 0.15) is 5.82 Å². The summed E-state index contributed by atoms with van der Waals surface area (Å²) in [6.07, 6.45) is 4.00. The van der Waals surface area contributed by atoms with Crippen LogP contribution in [-0.2, 0) is 0 Å². The van der Waals surface area contributed by atoms with Crippen LogP contribution in [0, 0.1) is 13.8 Å². The Hall–Kier alpha value is -5.58. The molecule has 0 spiro atoms. The third-order valence-electron chi connectivity index (χ3n) is 8.66. The molecule has 0 aliphatic rings. The average Bonchev–Trinajstić information content (AvgIpc) is 3.74. The van der Waals surface area contributed by atoms with Crippen LogP contribution in [0.1, 0.15) is 38.8 Å². The number of benzene rings is 6. The highest BCUT2D eigenvalue weighted by Crippen LogP contribution is 2.37. The van der Waals surface area contributed by atoms with Crippen LogP contribution in [0.25, 0.3) is 70.1 Å². The van der Waals surface area contributed by atoms with E-state index in [0.717, 1.165) is 33.6 Å². The molecule has 6 aromatic carbocycles. The molecule has 0 unspecified atom stereocenters. The molecular weight excluding hydrogens is 627 g/mol. The summed E-state index contributed by atoms with van der Waals surface area (Å²) in [5, 5.41) is 6.31. The van der Waals surface area contributed by atoms with Gasteiger partial charge in [0.25, 0.3) is 0 Å². The predicted octanol–water partition coefficient (Wildman–Crippen LogP) is 13.7. The van der Waals surface area contributed by atoms with Crippen molar-refractivity contribution in [2.45, 2.75) is 41.5 Å². The first kappa shape index (κ1) is 34.3. The summed E-state index contributed by atoms with van der Waals surface area (Å²) in [5.74, 6) is 1.66. The maximum absolute atomic E-state index is 5.11. The van der Waals surface area contributed by atoms with Crippen LogP contribution in [0.3, 0.4) is 0 Å². The van der Waals surface area contributed by atoms with Gasteiger partial charge < -0.3 is 0 Å². The molecule has 4 heteroatoms. The Kier molecular flexibility index (Phi) is 10.8. The predicted molar refractivity (Wildman–Crippen MR) is 220 cm³/mol. The molecule has 3 nitrogen and oxygen atoms in total. The van der Waals surface area contributed by atoms with Crippen molar-refractivity contribution in [3.05, 3.63) is 163 Å². The number of allylic oxidation sites excluding steroid dienone is 2. The smallest absolute Gasteiger partial charge is 0.162 e. The molecule has 9 rings (SSSR count). The van der Waals surface area contributed by atoms with Gasteiger partial charge in [-0.1, -0.05) is 141 Å². The Morgan fingerprint density at radius 3 is 1.84 bits per heavy atom. The summed E-state index contributed by atoms with van der Waals surface area (Å²) in [4.78, 5) is 9.98. The van der Waals surface area contributed by atoms with Gasteiger partial charge in [0.15, 0.2) is 5.82 Å². The molecule has 0 N–H and O–H groups in total. The number of hydrogen-bond donors (Lipinski definition) is 0. The Labute approximate surface area is 299 Å². The van der Waals surface area contributed by atoms with E-state index in [9.17, 15) is 0 Å². The van der Waals surface area contributed by atoms with Gasteiger partial charge in [0.05, 0.1) is 16.6 Å². The number of fused-ring (bicyclic) bond motifs is 7. The number of para-hydroxylation sites is 3. The molecule has 9 aromatic rings. The SMILES string of the molecule is C/C=C\C.CC.Cc1cccc2c1sc1ccccc12.Cc1cccc2c3ccccc3n(-c3nc(-c4ccccc4)nc4ccccc34)c12. The van der Waals surface area contributed by atoms with Crippen LogP contribution in [-0.4, -0.2) is 14.5 Å². The Bertz CT molecular complexity index is 2550. The summed E-state index contributed by atoms with van der Waals surface area (Å²) in [5.41, 5.74) is 6.92. The summed E-state index contributed by atoms with van der Waals surface area (Å²) < 4.78 is 5.11. The van der Waals surface area contributed by atoms with Crippen LogP contribution in [0.15, 0.2) is 152 Å². The summed E-state index contributed by atoms with van der Waals surface area (Å²) in [6, 6.07) is 48.6. The fourth-order valence-corrected chi connectivity index (χ4v) is 7.42. The number of nitrogens with zero attached hydrogens (tertiary/aromatic N) is 3. The topological polar surface area (TPSA) is 30.7 Å². The van der Waals surface area contributed by atoms with Gasteiger partial charge in [-0.05, 0) is 63.1 Å². The minimum Gasteiger partial charge on any atom is -0.293 e. The lowest BCUT2D eigenvalue weighted by Crippen LogP contribution is -2.03. The molecule has 0 aliphatic carbocycles. The molecule has 0 saturated carbocycles. The molecule has 3 heterocycles. The Morgan fingerprint density at radius 2 is 1.10 bits per heavy atom. The highest BCUT2D eigenvalue weighted by atomic mass is 32.1. The van der Waals surface area contributed by atoms with Crippen molar-refractivity contribution in [2.75, 3.05) is 0 Å². The average molecular weight is 670 g/mol. The largest absolute Gasteiger partial charge is 0.293 e. The number of thiophene rings is 1. The summed E-state index contributed by atoms with van der Waals surface area (Å²) >= 11 is 1.89. The fourth-order valence-electron chi connectivity index (χ4n) is 6.24. The van der Waals surface area contributed by atoms with E-state index in [-0.39, 0.29) is 0 Å². The first-order valence-corrected chi connectivity index (χ1v) is 18.2. The van der Waals surface area contributed by atoms with E-state index in [2.05, 4.69) is 134 Å². The number of hydrogen-bond acceptors (Lipinski definition) is 3. The minimum absolute atomic E-state index is 0.740. The Balaban J connectivity index is 0.000000179. The molecule has 0 atom stereocenters. The standard InChI is InChI=1S/C27H19N3.C13H10S.C4H8.C2H6/c1-18-10-9-15-21-20-13-6-8-17-24(20)30(25(18)21)27-22-14-5-7-16-23(22)28-26(29-27)19-11-3-2-4-12-19;1-9-5-4-7-11-10-6-2-3-8-12(10)14-13(9)11;1-3-4-2;1-2/h2-17H,1H3;2-8H,1H3;3-4H,1-2H3;1-2H3/b;;4-3-;. The van der Waals surface area contributed by atoms with Gasteiger partial charge in [-0.15, -0.1) is 11.3 Å². The van der Waals surface area contributed by atoms with Crippen LogP contribution in [0.2, 0.25) is 0 Å². The van der Waals surface area contributed by atoms with Crippen LogP contribution in [0.5, 0.6) is 0 Å². The third kappa shape index (κ3) is 6.67. The van der Waals surface area contributed by atoms with E-state index in [0.29, 0.717) is 0 Å². The lowest BCUT2D eigenvalue weighted by molar-refractivity contribution is 1.07. The van der Waals surface area contributed by atoms with Crippen molar-refractivity contribution in [3.63, 3.8) is 0 Å². The van der Waals surface area contributed by atoms with Gasteiger partial charge in [0, 0.05) is 41.9 Å². The Morgan fingerprint density at radius 1 is 0.520 bits per heavy atom. The highest BCUT2D eigenvalue weighted by Gasteiger charge is 2.18. The summed E-state index contributed by atoms with van der Waals surface area (Å²) in [6.45, 7) is 12.3. The van der Waals surface area contributed by atoms with Gasteiger partial charge in [0.2, 0.25) is 0 Å². The van der Waals surface area contributed by atoms with Gasteiger partial charge >= 0.3 is 0 Å². The van der Waals surface area contributed by atoms with E-state index in [1.165, 1.54) is 47.6 Å². The zero-order chi connectivity index (χ0) is 35.0. The van der Waals surface area contributed by atoms with E-state index >= 15 is 0 Å². The van der Waals surface area contributed by atoms with Gasteiger partial charge in [-0.2, -0.15) is 0 Å². The summed E-state index contributed by atoms with van der Waals surface area (Å²) in [7, 11) is 0. The molecular formula is C46H43N3S. The van der Waals surface area contributed by atoms with E-state index in [1.807, 2.05) is 75.4 Å².